The van der Waals surface area contributed by atoms with Crippen molar-refractivity contribution in [3.8, 4) is 0 Å². The lowest BCUT2D eigenvalue weighted by atomic mass is 10.0. The second-order valence-corrected chi connectivity index (χ2v) is 8.10. The topological polar surface area (TPSA) is 99.3 Å². The molecule has 154 valence electrons. The van der Waals surface area contributed by atoms with Gasteiger partial charge < -0.3 is 20.3 Å². The number of alkyl carbamates (subject to hydrolysis) is 1. The van der Waals surface area contributed by atoms with Crippen molar-refractivity contribution in [2.24, 2.45) is 0 Å². The second kappa shape index (κ2) is 7.77. The molecule has 1 aromatic carbocycles. The molecule has 29 heavy (non-hydrogen) atoms. The van der Waals surface area contributed by atoms with Crippen LogP contribution in [0.5, 0.6) is 0 Å². The van der Waals surface area contributed by atoms with E-state index in [9.17, 15) is 9.59 Å². The molecule has 2 atom stereocenters. The van der Waals surface area contributed by atoms with E-state index in [1.807, 2.05) is 38.1 Å². The smallest absolute Gasteiger partial charge is 0.407 e. The van der Waals surface area contributed by atoms with Gasteiger partial charge >= 0.3 is 6.09 Å². The van der Waals surface area contributed by atoms with Crippen molar-refractivity contribution in [3.05, 3.63) is 35.5 Å². The number of rotatable bonds is 5. The molecule has 1 saturated carbocycles. The van der Waals surface area contributed by atoms with Crippen molar-refractivity contribution < 1.29 is 14.3 Å². The highest BCUT2D eigenvalue weighted by Gasteiger charge is 2.30. The average molecular weight is 397 g/mol. The Bertz CT molecular complexity index is 923. The number of likely N-dealkylation sites (N-methyl/N-ethyl adjacent to an activating group) is 1. The van der Waals surface area contributed by atoms with Crippen LogP contribution in [0.25, 0.3) is 0 Å². The summed E-state index contributed by atoms with van der Waals surface area (Å²) in [5, 5.41) is 13.6. The second-order valence-electron chi connectivity index (χ2n) is 8.10. The van der Waals surface area contributed by atoms with Gasteiger partial charge in [-0.1, -0.05) is 6.07 Å². The zero-order valence-corrected chi connectivity index (χ0v) is 17.0. The summed E-state index contributed by atoms with van der Waals surface area (Å²) in [6.07, 6.45) is 2.55. The third kappa shape index (κ3) is 4.06. The molecule has 0 unspecified atom stereocenters. The highest BCUT2D eigenvalue weighted by molar-refractivity contribution is 6.03. The molecule has 8 nitrogen and oxygen atoms in total. The van der Waals surface area contributed by atoms with Crippen LogP contribution in [0.2, 0.25) is 0 Å². The van der Waals surface area contributed by atoms with Gasteiger partial charge in [0, 0.05) is 47.7 Å². The molecular formula is C21H27N5O3. The van der Waals surface area contributed by atoms with Gasteiger partial charge in [0.1, 0.15) is 6.10 Å². The van der Waals surface area contributed by atoms with E-state index in [-0.39, 0.29) is 30.1 Å². The summed E-state index contributed by atoms with van der Waals surface area (Å²) >= 11 is 0. The van der Waals surface area contributed by atoms with Crippen LogP contribution in [-0.4, -0.2) is 41.4 Å². The third-order valence-corrected chi connectivity index (χ3v) is 5.58. The van der Waals surface area contributed by atoms with Crippen molar-refractivity contribution in [1.82, 2.24) is 15.5 Å². The van der Waals surface area contributed by atoms with Crippen LogP contribution in [0.4, 0.5) is 22.0 Å². The lowest BCUT2D eigenvalue weighted by molar-refractivity contribution is -0.117. The van der Waals surface area contributed by atoms with Crippen LogP contribution in [0, 0.1) is 0 Å². The Morgan fingerprint density at radius 1 is 1.34 bits per heavy atom. The van der Waals surface area contributed by atoms with Gasteiger partial charge in [-0.3, -0.25) is 9.89 Å². The molecule has 0 bridgehead atoms. The first kappa shape index (κ1) is 19.3. The molecule has 1 aliphatic carbocycles. The van der Waals surface area contributed by atoms with Gasteiger partial charge in [-0.05, 0) is 45.2 Å². The summed E-state index contributed by atoms with van der Waals surface area (Å²) in [6.45, 7) is 3.82. The summed E-state index contributed by atoms with van der Waals surface area (Å²) in [5.41, 5.74) is 3.86. The summed E-state index contributed by atoms with van der Waals surface area (Å²) in [4.78, 5) is 25.5. The molecule has 1 aromatic heterocycles. The number of nitrogens with zero attached hydrogens (tertiary/aromatic N) is 2. The van der Waals surface area contributed by atoms with Crippen molar-refractivity contribution in [1.29, 1.82) is 0 Å². The van der Waals surface area contributed by atoms with Gasteiger partial charge in [-0.25, -0.2) is 4.79 Å². The van der Waals surface area contributed by atoms with Crippen molar-refractivity contribution in [3.63, 3.8) is 0 Å². The average Bonchev–Trinajstić information content (AvgIpc) is 3.36. The predicted octanol–water partition coefficient (Wildman–Crippen LogP) is 3.44. The number of benzene rings is 1. The quantitative estimate of drug-likeness (QED) is 0.718. The molecule has 0 saturated heterocycles. The summed E-state index contributed by atoms with van der Waals surface area (Å²) in [7, 11) is 1.80. The largest absolute Gasteiger partial charge is 0.446 e. The van der Waals surface area contributed by atoms with Crippen molar-refractivity contribution in [2.75, 3.05) is 17.3 Å². The number of carbonyl (C=O) groups excluding carboxylic acids is 2. The number of carbonyl (C=O) groups is 2. The van der Waals surface area contributed by atoms with E-state index in [1.54, 1.807) is 11.9 Å². The van der Waals surface area contributed by atoms with Crippen LogP contribution in [-0.2, 0) is 16.0 Å². The van der Waals surface area contributed by atoms with Crippen LogP contribution in [0.1, 0.15) is 50.3 Å². The molecule has 2 aromatic rings. The SMILES string of the molecule is CC(C)NC(=O)O[C@@H]1CC[C@H](c2cc(Nc3cccc4c3CC(=O)N4C)n[nH]2)C1. The number of fused-ring (bicyclic) bond motifs is 1. The van der Waals surface area contributed by atoms with Crippen LogP contribution in [0.15, 0.2) is 24.3 Å². The number of hydrogen-bond acceptors (Lipinski definition) is 5. The van der Waals surface area contributed by atoms with Gasteiger partial charge in [-0.15, -0.1) is 0 Å². The van der Waals surface area contributed by atoms with Crippen molar-refractivity contribution in [2.45, 2.75) is 57.6 Å². The van der Waals surface area contributed by atoms with Gasteiger partial charge in [0.2, 0.25) is 5.91 Å². The molecule has 2 heterocycles. The van der Waals surface area contributed by atoms with Crippen LogP contribution >= 0.6 is 0 Å². The number of anilines is 3. The molecule has 0 spiro atoms. The predicted molar refractivity (Wildman–Crippen MR) is 111 cm³/mol. The third-order valence-electron chi connectivity index (χ3n) is 5.58. The zero-order valence-electron chi connectivity index (χ0n) is 17.0. The molecule has 2 amide bonds. The molecule has 2 aliphatic rings. The number of ether oxygens (including phenoxy) is 1. The number of H-pyrrole nitrogens is 1. The Kier molecular flexibility index (Phi) is 5.17. The fourth-order valence-electron chi connectivity index (χ4n) is 4.09. The van der Waals surface area contributed by atoms with E-state index in [1.165, 1.54) is 0 Å². The Morgan fingerprint density at radius 2 is 2.17 bits per heavy atom. The van der Waals surface area contributed by atoms with E-state index in [0.717, 1.165) is 47.7 Å². The first-order valence-electron chi connectivity index (χ1n) is 10.1. The number of amides is 2. The highest BCUT2D eigenvalue weighted by Crippen LogP contribution is 2.37. The van der Waals surface area contributed by atoms with Gasteiger partial charge in [0.25, 0.3) is 0 Å². The monoisotopic (exact) mass is 397 g/mol. The lowest BCUT2D eigenvalue weighted by Crippen LogP contribution is -2.33. The van der Waals surface area contributed by atoms with Crippen molar-refractivity contribution >= 4 is 29.2 Å². The minimum absolute atomic E-state index is 0.0652. The fraction of sp³-hybridized carbons (Fsp3) is 0.476. The summed E-state index contributed by atoms with van der Waals surface area (Å²) < 4.78 is 5.51. The van der Waals surface area contributed by atoms with Gasteiger partial charge in [0.05, 0.1) is 6.42 Å². The van der Waals surface area contributed by atoms with E-state index in [2.05, 4.69) is 20.8 Å². The van der Waals surface area contributed by atoms with E-state index in [0.29, 0.717) is 6.42 Å². The van der Waals surface area contributed by atoms with E-state index < -0.39 is 0 Å². The zero-order chi connectivity index (χ0) is 20.5. The minimum Gasteiger partial charge on any atom is -0.446 e. The van der Waals surface area contributed by atoms with Crippen LogP contribution in [0.3, 0.4) is 0 Å². The number of aromatic nitrogens is 2. The summed E-state index contributed by atoms with van der Waals surface area (Å²) in [6, 6.07) is 7.92. The Morgan fingerprint density at radius 3 is 2.97 bits per heavy atom. The fourth-order valence-corrected chi connectivity index (χ4v) is 4.09. The van der Waals surface area contributed by atoms with Gasteiger partial charge in [0.15, 0.2) is 5.82 Å². The van der Waals surface area contributed by atoms with E-state index >= 15 is 0 Å². The molecule has 0 radical (unpaired) electrons. The maximum atomic E-state index is 12.0. The molecule has 1 aliphatic heterocycles. The van der Waals surface area contributed by atoms with Crippen LogP contribution < -0.4 is 15.5 Å². The first-order valence-corrected chi connectivity index (χ1v) is 10.1. The normalized spacial score (nSPS) is 20.8. The lowest BCUT2D eigenvalue weighted by Gasteiger charge is -2.14. The number of hydrogen-bond donors (Lipinski definition) is 3. The van der Waals surface area contributed by atoms with E-state index in [4.69, 9.17) is 4.74 Å². The standard InChI is InChI=1S/C21H27N5O3/c1-12(2)22-21(28)29-14-8-7-13(9-14)17-11-19(25-24-17)23-16-5-4-6-18-15(16)10-20(27)26(18)3/h4-6,11-14H,7-10H2,1-3H3,(H,22,28)(H2,23,24,25)/t13-,14+/m0/s1. The first-order chi connectivity index (χ1) is 13.9. The molecule has 4 rings (SSSR count). The summed E-state index contributed by atoms with van der Waals surface area (Å²) in [5.74, 6) is 1.09. The maximum absolute atomic E-state index is 12.0. The molecular weight excluding hydrogens is 370 g/mol. The Labute approximate surface area is 170 Å². The maximum Gasteiger partial charge on any atom is 0.407 e. The molecule has 8 heteroatoms. The number of aromatic amines is 1. The molecule has 3 N–H and O–H groups in total. The Balaban J connectivity index is 1.39. The minimum atomic E-state index is -0.352. The molecule has 1 fully saturated rings. The Hall–Kier alpha value is -3.03. The number of nitrogens with one attached hydrogen (secondary N) is 3. The van der Waals surface area contributed by atoms with Gasteiger partial charge in [-0.2, -0.15) is 5.10 Å². The highest BCUT2D eigenvalue weighted by atomic mass is 16.6.